The van der Waals surface area contributed by atoms with Crippen LogP contribution in [0.3, 0.4) is 0 Å². The Kier molecular flexibility index (Phi) is 11.0. The quantitative estimate of drug-likeness (QED) is 0.103. The molecule has 7 rings (SSSR count). The van der Waals surface area contributed by atoms with Crippen LogP contribution in [0.1, 0.15) is 81.2 Å². The van der Waals surface area contributed by atoms with Crippen LogP contribution in [0.2, 0.25) is 0 Å². The molecule has 18 heteroatoms. The van der Waals surface area contributed by atoms with Gasteiger partial charge in [-0.3, -0.25) is 9.59 Å². The lowest BCUT2D eigenvalue weighted by Crippen LogP contribution is -2.51. The molecule has 0 bridgehead atoms. The van der Waals surface area contributed by atoms with Crippen LogP contribution >= 0.6 is 0 Å². The van der Waals surface area contributed by atoms with Gasteiger partial charge in [0.15, 0.2) is 0 Å². The summed E-state index contributed by atoms with van der Waals surface area (Å²) in [4.78, 5) is 70.1. The van der Waals surface area contributed by atoms with Crippen molar-refractivity contribution in [1.29, 1.82) is 0 Å². The highest BCUT2D eigenvalue weighted by atomic mass is 19.4. The van der Waals surface area contributed by atoms with Gasteiger partial charge in [-0.2, -0.15) is 0 Å². The van der Waals surface area contributed by atoms with Gasteiger partial charge in [-0.05, 0) is 84.5 Å². The van der Waals surface area contributed by atoms with E-state index in [4.69, 9.17) is 13.8 Å². The van der Waals surface area contributed by atoms with E-state index in [1.165, 1.54) is 24.1 Å². The number of hydrogen-bond acceptors (Lipinski definition) is 9. The third-order valence-electron chi connectivity index (χ3n) is 10.9. The van der Waals surface area contributed by atoms with Crippen molar-refractivity contribution in [2.45, 2.75) is 83.8 Å². The molecule has 0 spiro atoms. The van der Waals surface area contributed by atoms with Crippen LogP contribution in [0.25, 0.3) is 44.3 Å². The molecular weight excluding hydrogens is 798 g/mol. The van der Waals surface area contributed by atoms with Crippen LogP contribution in [0.15, 0.2) is 54.6 Å². The second kappa shape index (κ2) is 17.3. The summed E-state index contributed by atoms with van der Waals surface area (Å²) in [6.45, 7) is 7.21. The van der Waals surface area contributed by atoms with Crippen molar-refractivity contribution >= 4 is 46.1 Å². The summed E-state index contributed by atoms with van der Waals surface area (Å²) < 4.78 is 82.1. The fourth-order valence-electron chi connectivity index (χ4n) is 7.82. The van der Waals surface area contributed by atoms with Gasteiger partial charge in [-0.25, -0.2) is 19.6 Å². The molecule has 2 aliphatic heterocycles. The molecular formula is C43H49F3N8O7. The predicted octanol–water partition coefficient (Wildman–Crippen LogP) is 7.76. The molecule has 0 saturated carbocycles. The number of imidazole rings is 2. The Bertz CT molecular complexity index is 2580. The highest BCUT2D eigenvalue weighted by Gasteiger charge is 2.39. The summed E-state index contributed by atoms with van der Waals surface area (Å²) in [6.07, 6.45) is -8.92. The van der Waals surface area contributed by atoms with Gasteiger partial charge in [-0.15, -0.1) is 13.2 Å². The van der Waals surface area contributed by atoms with E-state index in [-0.39, 0.29) is 29.8 Å². The van der Waals surface area contributed by atoms with Crippen LogP contribution < -0.4 is 15.4 Å². The maximum absolute atomic E-state index is 14.0. The summed E-state index contributed by atoms with van der Waals surface area (Å²) in [6, 6.07) is 10.6. The second-order valence-electron chi connectivity index (χ2n) is 15.6. The molecule has 0 aliphatic carbocycles. The summed E-state index contributed by atoms with van der Waals surface area (Å²) in [5, 5.41) is 5.12. The highest BCUT2D eigenvalue weighted by Crippen LogP contribution is 2.40. The van der Waals surface area contributed by atoms with Crippen LogP contribution in [-0.2, 0) is 19.1 Å². The van der Waals surface area contributed by atoms with E-state index in [2.05, 4.69) is 35.1 Å². The number of likely N-dealkylation sites (tertiary alicyclic amines) is 2. The molecule has 324 valence electrons. The number of aromatic nitrogens is 4. The monoisotopic (exact) mass is 849 g/mol. The smallest absolute Gasteiger partial charge is 0.453 e. The number of carbonyl (C=O) groups excluding carboxylic acids is 4. The maximum atomic E-state index is 14.0. The number of halogens is 3. The second-order valence-corrected chi connectivity index (χ2v) is 15.6. The van der Waals surface area contributed by atoms with Gasteiger partial charge in [-0.1, -0.05) is 52.0 Å². The lowest BCUT2D eigenvalue weighted by molar-refractivity contribution is -0.274. The van der Waals surface area contributed by atoms with Gasteiger partial charge in [0.05, 0.1) is 48.4 Å². The molecule has 61 heavy (non-hydrogen) atoms. The van der Waals surface area contributed by atoms with Gasteiger partial charge < -0.3 is 44.6 Å². The number of methoxy groups -OCH3 is 2. The average Bonchev–Trinajstić information content (AvgIpc) is 4.04. The topological polar surface area (TPSA) is 184 Å². The molecule has 2 aliphatic rings. The minimum atomic E-state index is -5.06. The zero-order valence-electron chi connectivity index (χ0n) is 37.3. The molecule has 4 amide bonds. The van der Waals surface area contributed by atoms with Crippen molar-refractivity contribution in [3.8, 4) is 28.0 Å². The van der Waals surface area contributed by atoms with Crippen LogP contribution in [0.5, 0.6) is 5.75 Å². The molecule has 4 N–H and O–H groups in total. The Labute approximate surface area is 353 Å². The van der Waals surface area contributed by atoms with E-state index in [0.29, 0.717) is 64.0 Å². The van der Waals surface area contributed by atoms with Crippen molar-refractivity contribution in [2.24, 2.45) is 11.8 Å². The Morgan fingerprint density at radius 2 is 1.26 bits per heavy atom. The molecule has 2 saturated heterocycles. The molecule has 3 aromatic carbocycles. The normalized spacial score (nSPS) is 20.6. The lowest BCUT2D eigenvalue weighted by Gasteiger charge is -2.29. The summed E-state index contributed by atoms with van der Waals surface area (Å²) in [5.41, 5.74) is 3.16. The number of alkyl carbamates (subject to hydrolysis) is 2. The third kappa shape index (κ3) is 9.07. The Morgan fingerprint density at radius 1 is 0.754 bits per heavy atom. The minimum absolute atomic E-state index is 0.0165. The van der Waals surface area contributed by atoms with Crippen molar-refractivity contribution < 1.29 is 50.7 Å². The van der Waals surface area contributed by atoms with E-state index in [0.717, 1.165) is 7.11 Å². The number of nitrogens with zero attached hydrogens (tertiary/aromatic N) is 4. The number of benzene rings is 3. The fraction of sp³-hybridized carbons (Fsp3) is 0.442. The Hall–Kier alpha value is -6.33. The molecule has 4 heterocycles. The molecule has 5 aromatic rings. The van der Waals surface area contributed by atoms with Crippen LogP contribution in [-0.4, -0.2) is 99.5 Å². The zero-order valence-corrected chi connectivity index (χ0v) is 34.3. The van der Waals surface area contributed by atoms with Gasteiger partial charge in [0.2, 0.25) is 11.8 Å². The maximum Gasteiger partial charge on any atom is 0.573 e. The van der Waals surface area contributed by atoms with Crippen LogP contribution in [0, 0.1) is 11.8 Å². The lowest BCUT2D eigenvalue weighted by atomic mass is 9.98. The first kappa shape index (κ1) is 38.8. The summed E-state index contributed by atoms with van der Waals surface area (Å²) in [5.74, 6) is -1.48. The third-order valence-corrected chi connectivity index (χ3v) is 10.9. The Morgan fingerprint density at radius 3 is 1.82 bits per heavy atom. The largest absolute Gasteiger partial charge is 0.573 e. The SMILES string of the molecule is [2H]C1CN(C(=O)[C@@H](NC(=O)OC)C(C)C)[C@@H](c2nc3ccc(-c4ccc(-c5ccc6nc([C@H]7CCCN7C(=O)[C@@H](NC(=O)OC)C(C)C)[nH]c6c5)cc4OC(F)(F)F)cc3[nH]2)C1([2H])[2H]. The summed E-state index contributed by atoms with van der Waals surface area (Å²) in [7, 11) is 2.38. The highest BCUT2D eigenvalue weighted by molar-refractivity contribution is 5.89. The van der Waals surface area contributed by atoms with E-state index in [9.17, 15) is 32.3 Å². The summed E-state index contributed by atoms with van der Waals surface area (Å²) >= 11 is 0. The number of H-pyrrole nitrogens is 2. The van der Waals surface area contributed by atoms with Crippen LogP contribution in [0.4, 0.5) is 22.8 Å². The molecule has 15 nitrogen and oxygen atoms in total. The van der Waals surface area contributed by atoms with Crippen molar-refractivity contribution in [3.63, 3.8) is 0 Å². The fourth-order valence-corrected chi connectivity index (χ4v) is 7.82. The number of carbonyl (C=O) groups is 4. The average molecular weight is 850 g/mol. The first-order chi connectivity index (χ1) is 30.2. The number of nitrogens with one attached hydrogen (secondary N) is 4. The first-order valence-corrected chi connectivity index (χ1v) is 19.8. The van der Waals surface area contributed by atoms with E-state index >= 15 is 0 Å². The van der Waals surface area contributed by atoms with Gasteiger partial charge in [0.1, 0.15) is 29.5 Å². The molecule has 2 aromatic heterocycles. The Balaban J connectivity index is 1.19. The standard InChI is InChI=1S/C43H49F3N8O7/c1-22(2)35(51-41(57)59-5)39(55)53-17-7-9-32(53)37-47-28-15-12-24(19-30(28)49-37)25-11-14-27(34(21-25)61-43(44,45)46)26-13-16-29-31(20-26)50-38(48-29)33-10-8-18-54(33)40(56)36(23(3)4)52-42(58)60-6/h11-16,19-23,32-33,35-36H,7-10,17-18H2,1-6H3,(H,47,49)(H,48,50)(H,51,57)(H,52,58)/t32-,33-,35+,36+/m1/s1/i8D,10D2/t8?,32-,33-,35+,36+. The predicted molar refractivity (Wildman–Crippen MR) is 219 cm³/mol. The molecule has 5 atom stereocenters. The molecule has 0 radical (unpaired) electrons. The zero-order chi connectivity index (χ0) is 46.4. The number of alkyl halides is 3. The van der Waals surface area contributed by atoms with Crippen molar-refractivity contribution in [1.82, 2.24) is 40.4 Å². The number of fused-ring (bicyclic) bond motifs is 2. The van der Waals surface area contributed by atoms with E-state index in [1.807, 2.05) is 13.8 Å². The molecule has 2 fully saturated rings. The number of hydrogen-bond donors (Lipinski definition) is 4. The number of amides is 4. The number of rotatable bonds is 11. The van der Waals surface area contributed by atoms with Gasteiger partial charge in [0, 0.05) is 22.8 Å². The van der Waals surface area contributed by atoms with E-state index in [1.54, 1.807) is 61.2 Å². The number of ether oxygens (including phenoxy) is 3. The molecule has 1 unspecified atom stereocenters. The first-order valence-electron chi connectivity index (χ1n) is 21.4. The van der Waals surface area contributed by atoms with Crippen molar-refractivity contribution in [2.75, 3.05) is 27.3 Å². The van der Waals surface area contributed by atoms with Gasteiger partial charge >= 0.3 is 18.5 Å². The number of aromatic amines is 2. The van der Waals surface area contributed by atoms with Crippen molar-refractivity contribution in [3.05, 3.63) is 66.2 Å². The van der Waals surface area contributed by atoms with E-state index < -0.39 is 73.1 Å². The minimum Gasteiger partial charge on any atom is -0.453 e. The van der Waals surface area contributed by atoms with Gasteiger partial charge in [0.25, 0.3) is 0 Å².